The number of anilines is 1. The quantitative estimate of drug-likeness (QED) is 0.432. The van der Waals surface area contributed by atoms with E-state index < -0.39 is 23.6 Å². The van der Waals surface area contributed by atoms with E-state index in [-0.39, 0.29) is 36.5 Å². The molecular weight excluding hydrogens is 319 g/mol. The molecule has 0 atom stereocenters. The normalized spacial score (nSPS) is 11.1. The van der Waals surface area contributed by atoms with Gasteiger partial charge in [0.1, 0.15) is 12.3 Å². The number of carbonyl (C=O) groups excluding carboxylic acids is 1. The summed E-state index contributed by atoms with van der Waals surface area (Å²) < 4.78 is 40.0. The Morgan fingerprint density at radius 1 is 1.39 bits per heavy atom. The molecule has 0 aliphatic carbocycles. The van der Waals surface area contributed by atoms with Crippen LogP contribution in [0, 0.1) is 10.1 Å². The Morgan fingerprint density at radius 3 is 2.65 bits per heavy atom. The monoisotopic (exact) mass is 335 g/mol. The van der Waals surface area contributed by atoms with Gasteiger partial charge in [-0.15, -0.1) is 0 Å². The highest BCUT2D eigenvalue weighted by molar-refractivity contribution is 5.95. The molecule has 0 heterocycles. The van der Waals surface area contributed by atoms with E-state index in [1.807, 2.05) is 0 Å². The lowest BCUT2D eigenvalue weighted by Gasteiger charge is -2.10. The number of carbonyl (C=O) groups is 1. The Kier molecular flexibility index (Phi) is 6.76. The number of benzene rings is 1. The minimum Gasteiger partial charge on any atom is -0.379 e. The van der Waals surface area contributed by atoms with Crippen molar-refractivity contribution in [3.63, 3.8) is 0 Å². The zero-order valence-corrected chi connectivity index (χ0v) is 12.3. The van der Waals surface area contributed by atoms with Crippen LogP contribution in [0.25, 0.3) is 0 Å². The van der Waals surface area contributed by atoms with Gasteiger partial charge in [-0.2, -0.15) is 13.2 Å². The number of nitro groups is 1. The maximum Gasteiger partial charge on any atom is 0.411 e. The lowest BCUT2D eigenvalue weighted by Crippen LogP contribution is -2.19. The van der Waals surface area contributed by atoms with Gasteiger partial charge < -0.3 is 15.4 Å². The van der Waals surface area contributed by atoms with Gasteiger partial charge in [-0.05, 0) is 18.6 Å². The van der Waals surface area contributed by atoms with Crippen molar-refractivity contribution in [2.24, 2.45) is 0 Å². The second-order valence-corrected chi connectivity index (χ2v) is 4.52. The molecule has 1 rings (SSSR count). The molecule has 7 nitrogen and oxygen atoms in total. The second-order valence-electron chi connectivity index (χ2n) is 4.52. The molecule has 0 fully saturated rings. The van der Waals surface area contributed by atoms with Gasteiger partial charge in [-0.1, -0.05) is 0 Å². The number of alkyl halides is 3. The van der Waals surface area contributed by atoms with Crippen molar-refractivity contribution in [2.45, 2.75) is 12.6 Å². The van der Waals surface area contributed by atoms with Crippen LogP contribution in [-0.4, -0.2) is 43.8 Å². The van der Waals surface area contributed by atoms with E-state index in [1.165, 1.54) is 19.2 Å². The molecule has 0 saturated carbocycles. The molecule has 0 radical (unpaired) electrons. The summed E-state index contributed by atoms with van der Waals surface area (Å²) in [5.41, 5.74) is 0.0269. The number of nitrogens with one attached hydrogen (secondary N) is 2. The number of amides is 1. The smallest absolute Gasteiger partial charge is 0.379 e. The number of hydrogen-bond donors (Lipinski definition) is 2. The summed E-state index contributed by atoms with van der Waals surface area (Å²) in [4.78, 5) is 21.8. The molecule has 1 aromatic carbocycles. The first-order valence-electron chi connectivity index (χ1n) is 6.63. The predicted octanol–water partition coefficient (Wildman–Crippen LogP) is 2.34. The second kappa shape index (κ2) is 8.32. The van der Waals surface area contributed by atoms with Crippen LogP contribution in [0.2, 0.25) is 0 Å². The van der Waals surface area contributed by atoms with Crippen LogP contribution >= 0.6 is 0 Å². The molecule has 0 saturated heterocycles. The first-order chi connectivity index (χ1) is 10.7. The van der Waals surface area contributed by atoms with E-state index in [1.54, 1.807) is 0 Å². The highest BCUT2D eigenvalue weighted by Gasteiger charge is 2.27. The van der Waals surface area contributed by atoms with E-state index in [4.69, 9.17) is 0 Å². The fraction of sp³-hybridized carbons (Fsp3) is 0.462. The van der Waals surface area contributed by atoms with Crippen molar-refractivity contribution in [1.29, 1.82) is 0 Å². The maximum atomic E-state index is 11.9. The molecule has 2 N–H and O–H groups in total. The third-order valence-corrected chi connectivity index (χ3v) is 2.73. The molecule has 23 heavy (non-hydrogen) atoms. The number of ether oxygens (including phenoxy) is 1. The van der Waals surface area contributed by atoms with Crippen molar-refractivity contribution in [2.75, 3.05) is 32.1 Å². The van der Waals surface area contributed by atoms with Gasteiger partial charge in [-0.25, -0.2) is 0 Å². The standard InChI is InChI=1S/C13H16F3N3O4/c1-17-12(20)9-3-4-10(11(7-9)19(21)22)18-5-2-6-23-8-13(14,15)16/h3-4,7,18H,2,5-6,8H2,1H3,(H,17,20). The van der Waals surface area contributed by atoms with E-state index in [9.17, 15) is 28.1 Å². The molecule has 0 aliphatic heterocycles. The van der Waals surface area contributed by atoms with Crippen molar-refractivity contribution in [1.82, 2.24) is 5.32 Å². The molecule has 128 valence electrons. The van der Waals surface area contributed by atoms with E-state index in [0.29, 0.717) is 0 Å². The zero-order valence-electron chi connectivity index (χ0n) is 12.3. The zero-order chi connectivity index (χ0) is 17.5. The van der Waals surface area contributed by atoms with Crippen LogP contribution in [0.1, 0.15) is 16.8 Å². The third-order valence-electron chi connectivity index (χ3n) is 2.73. The van der Waals surface area contributed by atoms with E-state index in [2.05, 4.69) is 15.4 Å². The van der Waals surface area contributed by atoms with Crippen LogP contribution in [-0.2, 0) is 4.74 Å². The molecule has 0 aliphatic rings. The molecule has 10 heteroatoms. The van der Waals surface area contributed by atoms with Crippen molar-refractivity contribution < 1.29 is 27.6 Å². The van der Waals surface area contributed by atoms with Gasteiger partial charge in [0.25, 0.3) is 11.6 Å². The van der Waals surface area contributed by atoms with Crippen molar-refractivity contribution >= 4 is 17.3 Å². The van der Waals surface area contributed by atoms with Gasteiger partial charge in [0.2, 0.25) is 0 Å². The maximum absolute atomic E-state index is 11.9. The summed E-state index contributed by atoms with van der Waals surface area (Å²) in [6.07, 6.45) is -4.13. The van der Waals surface area contributed by atoms with E-state index >= 15 is 0 Å². The lowest BCUT2D eigenvalue weighted by atomic mass is 10.1. The molecule has 1 aromatic rings. The van der Waals surface area contributed by atoms with Crippen LogP contribution in [0.4, 0.5) is 24.5 Å². The third kappa shape index (κ3) is 6.51. The van der Waals surface area contributed by atoms with Crippen LogP contribution < -0.4 is 10.6 Å². The minimum atomic E-state index is -4.37. The predicted molar refractivity (Wildman–Crippen MR) is 76.5 cm³/mol. The summed E-state index contributed by atoms with van der Waals surface area (Å²) in [7, 11) is 1.40. The molecule has 0 bridgehead atoms. The minimum absolute atomic E-state index is 0.128. The number of nitrogens with zero attached hydrogens (tertiary/aromatic N) is 1. The Bertz CT molecular complexity index is 564. The Labute approximate surface area is 130 Å². The van der Waals surface area contributed by atoms with Gasteiger partial charge in [0, 0.05) is 31.8 Å². The van der Waals surface area contributed by atoms with Crippen LogP contribution in [0.5, 0.6) is 0 Å². The molecule has 1 amide bonds. The summed E-state index contributed by atoms with van der Waals surface area (Å²) in [6.45, 7) is -1.26. The highest BCUT2D eigenvalue weighted by Crippen LogP contribution is 2.25. The Balaban J connectivity index is 2.56. The Morgan fingerprint density at radius 2 is 2.09 bits per heavy atom. The van der Waals surface area contributed by atoms with Crippen molar-refractivity contribution in [3.05, 3.63) is 33.9 Å². The average Bonchev–Trinajstić information content (AvgIpc) is 2.48. The topological polar surface area (TPSA) is 93.5 Å². The van der Waals surface area contributed by atoms with Crippen LogP contribution in [0.3, 0.4) is 0 Å². The summed E-state index contributed by atoms with van der Waals surface area (Å²) in [6, 6.07) is 3.91. The van der Waals surface area contributed by atoms with Crippen LogP contribution in [0.15, 0.2) is 18.2 Å². The largest absolute Gasteiger partial charge is 0.411 e. The Hall–Kier alpha value is -2.36. The van der Waals surface area contributed by atoms with Gasteiger partial charge >= 0.3 is 6.18 Å². The lowest BCUT2D eigenvalue weighted by molar-refractivity contribution is -0.384. The molecule has 0 spiro atoms. The summed E-state index contributed by atoms with van der Waals surface area (Å²) >= 11 is 0. The van der Waals surface area contributed by atoms with Gasteiger partial charge in [-0.3, -0.25) is 14.9 Å². The average molecular weight is 335 g/mol. The van der Waals surface area contributed by atoms with E-state index in [0.717, 1.165) is 6.07 Å². The van der Waals surface area contributed by atoms with Gasteiger partial charge in [0.05, 0.1) is 4.92 Å². The fourth-order valence-electron chi connectivity index (χ4n) is 1.70. The molecule has 0 unspecified atom stereocenters. The molecule has 0 aromatic heterocycles. The number of halogens is 3. The number of rotatable bonds is 8. The SMILES string of the molecule is CNC(=O)c1ccc(NCCCOCC(F)(F)F)c([N+](=O)[O-])c1. The number of nitro benzene ring substituents is 1. The van der Waals surface area contributed by atoms with Crippen molar-refractivity contribution in [3.8, 4) is 0 Å². The number of hydrogen-bond acceptors (Lipinski definition) is 5. The summed E-state index contributed by atoms with van der Waals surface area (Å²) in [5, 5.41) is 16.1. The van der Waals surface area contributed by atoms with Gasteiger partial charge in [0.15, 0.2) is 0 Å². The first kappa shape index (κ1) is 18.7. The highest BCUT2D eigenvalue weighted by atomic mass is 19.4. The molecular formula is C13H16F3N3O4. The first-order valence-corrected chi connectivity index (χ1v) is 6.63. The summed E-state index contributed by atoms with van der Waals surface area (Å²) in [5.74, 6) is -0.458. The fourth-order valence-corrected chi connectivity index (χ4v) is 1.70.